The Morgan fingerprint density at radius 3 is 2.64 bits per heavy atom. The monoisotopic (exact) mass is 338 g/mol. The summed E-state index contributed by atoms with van der Waals surface area (Å²) >= 11 is 0. The number of carbonyl (C=O) groups excluding carboxylic acids is 2. The zero-order valence-electron chi connectivity index (χ0n) is 14.5. The molecule has 5 heteroatoms. The van der Waals surface area contributed by atoms with Crippen molar-refractivity contribution in [2.24, 2.45) is 5.92 Å². The maximum Gasteiger partial charge on any atom is 0.229 e. The number of hydrogen-bond acceptors (Lipinski definition) is 3. The lowest BCUT2D eigenvalue weighted by molar-refractivity contribution is -0.127. The SMILES string of the molecule is Cc1c(COc2ccccc2)cccc1NC(=O)C1CC(=O)N(C)C1. The molecule has 1 N–H and O–H groups in total. The van der Waals surface area contributed by atoms with Crippen molar-refractivity contribution in [1.82, 2.24) is 4.90 Å². The normalized spacial score (nSPS) is 16.8. The highest BCUT2D eigenvalue weighted by molar-refractivity contribution is 5.97. The fourth-order valence-corrected chi connectivity index (χ4v) is 2.93. The summed E-state index contributed by atoms with van der Waals surface area (Å²) in [5, 5.41) is 2.96. The van der Waals surface area contributed by atoms with E-state index < -0.39 is 0 Å². The quantitative estimate of drug-likeness (QED) is 0.912. The molecule has 0 aromatic heterocycles. The summed E-state index contributed by atoms with van der Waals surface area (Å²) in [7, 11) is 1.72. The van der Waals surface area contributed by atoms with Gasteiger partial charge in [-0.2, -0.15) is 0 Å². The van der Waals surface area contributed by atoms with Crippen molar-refractivity contribution in [3.63, 3.8) is 0 Å². The molecule has 0 aliphatic carbocycles. The van der Waals surface area contributed by atoms with Crippen molar-refractivity contribution >= 4 is 17.5 Å². The molecule has 3 rings (SSSR count). The number of nitrogens with one attached hydrogen (secondary N) is 1. The smallest absolute Gasteiger partial charge is 0.229 e. The number of ether oxygens (including phenoxy) is 1. The highest BCUT2D eigenvalue weighted by atomic mass is 16.5. The van der Waals surface area contributed by atoms with Gasteiger partial charge in [0.1, 0.15) is 12.4 Å². The number of para-hydroxylation sites is 1. The van der Waals surface area contributed by atoms with E-state index in [4.69, 9.17) is 4.74 Å². The molecule has 2 aromatic rings. The number of carbonyl (C=O) groups is 2. The van der Waals surface area contributed by atoms with E-state index in [9.17, 15) is 9.59 Å². The first-order chi connectivity index (χ1) is 12.0. The van der Waals surface area contributed by atoms with E-state index in [-0.39, 0.29) is 24.2 Å². The van der Waals surface area contributed by atoms with Gasteiger partial charge in [0.05, 0.1) is 5.92 Å². The first-order valence-corrected chi connectivity index (χ1v) is 8.36. The van der Waals surface area contributed by atoms with Crippen molar-refractivity contribution < 1.29 is 14.3 Å². The fraction of sp³-hybridized carbons (Fsp3) is 0.300. The first-order valence-electron chi connectivity index (χ1n) is 8.36. The van der Waals surface area contributed by atoms with Crippen LogP contribution in [0.15, 0.2) is 48.5 Å². The van der Waals surface area contributed by atoms with Crippen LogP contribution in [0.5, 0.6) is 5.75 Å². The highest BCUT2D eigenvalue weighted by Gasteiger charge is 2.32. The minimum Gasteiger partial charge on any atom is -0.489 e. The Hall–Kier alpha value is -2.82. The van der Waals surface area contributed by atoms with Gasteiger partial charge in [-0.3, -0.25) is 9.59 Å². The number of rotatable bonds is 5. The van der Waals surface area contributed by atoms with Crippen molar-refractivity contribution in [2.75, 3.05) is 18.9 Å². The van der Waals surface area contributed by atoms with Crippen LogP contribution in [0.1, 0.15) is 17.5 Å². The van der Waals surface area contributed by atoms with E-state index in [2.05, 4.69) is 5.32 Å². The second-order valence-electron chi connectivity index (χ2n) is 6.36. The summed E-state index contributed by atoms with van der Waals surface area (Å²) in [5.74, 6) is 0.425. The van der Waals surface area contributed by atoms with Crippen LogP contribution in [0.3, 0.4) is 0 Å². The molecule has 1 aliphatic rings. The van der Waals surface area contributed by atoms with Crippen LogP contribution < -0.4 is 10.1 Å². The summed E-state index contributed by atoms with van der Waals surface area (Å²) in [6, 6.07) is 15.4. The third-order valence-corrected chi connectivity index (χ3v) is 4.55. The molecular formula is C20H22N2O3. The molecule has 2 amide bonds. The molecule has 1 aliphatic heterocycles. The molecule has 25 heavy (non-hydrogen) atoms. The Bertz CT molecular complexity index is 774. The summed E-state index contributed by atoms with van der Waals surface area (Å²) < 4.78 is 5.80. The maximum atomic E-state index is 12.4. The second-order valence-corrected chi connectivity index (χ2v) is 6.36. The number of likely N-dealkylation sites (tertiary alicyclic amines) is 1. The number of anilines is 1. The zero-order valence-corrected chi connectivity index (χ0v) is 14.5. The Morgan fingerprint density at radius 2 is 1.96 bits per heavy atom. The highest BCUT2D eigenvalue weighted by Crippen LogP contribution is 2.23. The van der Waals surface area contributed by atoms with E-state index in [0.29, 0.717) is 13.2 Å². The zero-order chi connectivity index (χ0) is 17.8. The molecule has 1 saturated heterocycles. The van der Waals surface area contributed by atoms with Gasteiger partial charge in [-0.25, -0.2) is 0 Å². The van der Waals surface area contributed by atoms with Gasteiger partial charge in [0, 0.05) is 25.7 Å². The van der Waals surface area contributed by atoms with Crippen molar-refractivity contribution in [1.29, 1.82) is 0 Å². The van der Waals surface area contributed by atoms with Crippen LogP contribution in [-0.4, -0.2) is 30.3 Å². The van der Waals surface area contributed by atoms with Crippen LogP contribution in [0.25, 0.3) is 0 Å². The summed E-state index contributed by atoms with van der Waals surface area (Å²) in [4.78, 5) is 25.6. The molecule has 1 heterocycles. The van der Waals surface area contributed by atoms with Crippen LogP contribution in [0, 0.1) is 12.8 Å². The Balaban J connectivity index is 1.66. The minimum absolute atomic E-state index is 0.0156. The number of nitrogens with zero attached hydrogens (tertiary/aromatic N) is 1. The number of amides is 2. The van der Waals surface area contributed by atoms with Crippen LogP contribution >= 0.6 is 0 Å². The molecule has 1 atom stereocenters. The minimum atomic E-state index is -0.291. The van der Waals surface area contributed by atoms with Crippen LogP contribution in [0.2, 0.25) is 0 Å². The second kappa shape index (κ2) is 7.38. The van der Waals surface area contributed by atoms with Crippen LogP contribution in [0.4, 0.5) is 5.69 Å². The fourth-order valence-electron chi connectivity index (χ4n) is 2.93. The molecule has 2 aromatic carbocycles. The molecule has 1 fully saturated rings. The molecular weight excluding hydrogens is 316 g/mol. The van der Waals surface area contributed by atoms with Gasteiger partial charge in [0.15, 0.2) is 0 Å². The topological polar surface area (TPSA) is 58.6 Å². The van der Waals surface area contributed by atoms with E-state index >= 15 is 0 Å². The molecule has 0 bridgehead atoms. The van der Waals surface area contributed by atoms with Crippen LogP contribution in [-0.2, 0) is 16.2 Å². The van der Waals surface area contributed by atoms with Gasteiger partial charge >= 0.3 is 0 Å². The molecule has 130 valence electrons. The van der Waals surface area contributed by atoms with Crippen molar-refractivity contribution in [3.8, 4) is 5.75 Å². The first kappa shape index (κ1) is 17.0. The van der Waals surface area contributed by atoms with E-state index in [1.807, 2.05) is 55.5 Å². The Morgan fingerprint density at radius 1 is 1.20 bits per heavy atom. The summed E-state index contributed by atoms with van der Waals surface area (Å²) in [6.45, 7) is 2.87. The van der Waals surface area contributed by atoms with Gasteiger partial charge < -0.3 is 15.0 Å². The molecule has 0 saturated carbocycles. The average Bonchev–Trinajstić information content (AvgIpc) is 2.96. The van der Waals surface area contributed by atoms with Gasteiger partial charge in [-0.1, -0.05) is 30.3 Å². The maximum absolute atomic E-state index is 12.4. The van der Waals surface area contributed by atoms with E-state index in [1.54, 1.807) is 11.9 Å². The Labute approximate surface area is 147 Å². The predicted octanol–water partition coefficient (Wildman–Crippen LogP) is 2.99. The van der Waals surface area contributed by atoms with Gasteiger partial charge in [0.25, 0.3) is 0 Å². The third kappa shape index (κ3) is 3.99. The van der Waals surface area contributed by atoms with Gasteiger partial charge in [-0.05, 0) is 36.2 Å². The van der Waals surface area contributed by atoms with Crippen molar-refractivity contribution in [3.05, 3.63) is 59.7 Å². The van der Waals surface area contributed by atoms with E-state index in [0.717, 1.165) is 22.6 Å². The molecule has 5 nitrogen and oxygen atoms in total. The van der Waals surface area contributed by atoms with E-state index in [1.165, 1.54) is 0 Å². The summed E-state index contributed by atoms with van der Waals surface area (Å²) in [6.07, 6.45) is 0.276. The number of hydrogen-bond donors (Lipinski definition) is 1. The molecule has 1 unspecified atom stereocenters. The lowest BCUT2D eigenvalue weighted by atomic mass is 10.0. The Kier molecular flexibility index (Phi) is 5.03. The molecule has 0 spiro atoms. The lowest BCUT2D eigenvalue weighted by Gasteiger charge is -2.15. The predicted molar refractivity (Wildman–Crippen MR) is 96.3 cm³/mol. The molecule has 0 radical (unpaired) electrons. The van der Waals surface area contributed by atoms with Gasteiger partial charge in [0.2, 0.25) is 11.8 Å². The summed E-state index contributed by atoms with van der Waals surface area (Å²) in [5.41, 5.74) is 2.76. The average molecular weight is 338 g/mol. The largest absolute Gasteiger partial charge is 0.489 e. The van der Waals surface area contributed by atoms with Crippen molar-refractivity contribution in [2.45, 2.75) is 20.0 Å². The number of benzene rings is 2. The third-order valence-electron chi connectivity index (χ3n) is 4.55. The standard InChI is InChI=1S/C20H22N2O3/c1-14-15(13-25-17-8-4-3-5-9-17)7-6-10-18(14)21-20(24)16-11-19(23)22(2)12-16/h3-10,16H,11-13H2,1-2H3,(H,21,24). The lowest BCUT2D eigenvalue weighted by Crippen LogP contribution is -2.26. The van der Waals surface area contributed by atoms with Gasteiger partial charge in [-0.15, -0.1) is 0 Å².